The molecule has 0 saturated carbocycles. The van der Waals surface area contributed by atoms with Crippen molar-refractivity contribution >= 4 is 14.3 Å². The lowest BCUT2D eigenvalue weighted by Gasteiger charge is -2.22. The van der Waals surface area contributed by atoms with Gasteiger partial charge in [0.25, 0.3) is 0 Å². The van der Waals surface area contributed by atoms with E-state index in [0.717, 1.165) is 12.5 Å². The van der Waals surface area contributed by atoms with Crippen molar-refractivity contribution in [3.63, 3.8) is 0 Å². The first-order valence-corrected chi connectivity index (χ1v) is 8.09. The van der Waals surface area contributed by atoms with E-state index in [1.54, 1.807) is 0 Å². The lowest BCUT2D eigenvalue weighted by molar-refractivity contribution is -0.142. The van der Waals surface area contributed by atoms with Gasteiger partial charge >= 0.3 is 5.97 Å². The fourth-order valence-electron chi connectivity index (χ4n) is 1.43. The Labute approximate surface area is 86.2 Å². The van der Waals surface area contributed by atoms with Crippen molar-refractivity contribution in [2.45, 2.75) is 38.1 Å². The average Bonchev–Trinajstić information content (AvgIpc) is 2.48. The molecule has 3 nitrogen and oxygen atoms in total. The quantitative estimate of drug-likeness (QED) is 0.399. The standard InChI is InChI=1S/C10H18O3Si/c1-4-7-14(2,3)12-8-9-5-6-10(11)13-9/h4,9H,1,5-8H2,2-3H3/t9-/m0/s1. The van der Waals surface area contributed by atoms with Crippen LogP contribution in [0.1, 0.15) is 12.8 Å². The number of rotatable bonds is 5. The van der Waals surface area contributed by atoms with Crippen molar-refractivity contribution in [3.8, 4) is 0 Å². The van der Waals surface area contributed by atoms with E-state index >= 15 is 0 Å². The van der Waals surface area contributed by atoms with Crippen LogP contribution in [0.25, 0.3) is 0 Å². The van der Waals surface area contributed by atoms with Crippen LogP contribution in [0.5, 0.6) is 0 Å². The third-order valence-corrected chi connectivity index (χ3v) is 4.48. The highest BCUT2D eigenvalue weighted by molar-refractivity contribution is 6.71. The van der Waals surface area contributed by atoms with Gasteiger partial charge in [-0.05, 0) is 25.6 Å². The minimum atomic E-state index is -1.60. The number of cyclic esters (lactones) is 1. The van der Waals surface area contributed by atoms with Gasteiger partial charge in [0.15, 0.2) is 8.32 Å². The second kappa shape index (κ2) is 4.75. The van der Waals surface area contributed by atoms with Gasteiger partial charge in [0.1, 0.15) is 6.10 Å². The van der Waals surface area contributed by atoms with E-state index in [1.165, 1.54) is 0 Å². The molecule has 0 aromatic carbocycles. The zero-order chi connectivity index (χ0) is 10.6. The van der Waals surface area contributed by atoms with Crippen molar-refractivity contribution in [2.24, 2.45) is 0 Å². The van der Waals surface area contributed by atoms with E-state index in [-0.39, 0.29) is 12.1 Å². The first-order valence-electron chi connectivity index (χ1n) is 4.98. The maximum absolute atomic E-state index is 10.8. The molecule has 0 aliphatic carbocycles. The smallest absolute Gasteiger partial charge is 0.306 e. The van der Waals surface area contributed by atoms with Crippen molar-refractivity contribution in [1.29, 1.82) is 0 Å². The van der Waals surface area contributed by atoms with Gasteiger partial charge in [0.2, 0.25) is 0 Å². The fraction of sp³-hybridized carbons (Fsp3) is 0.700. The van der Waals surface area contributed by atoms with Crippen molar-refractivity contribution < 1.29 is 14.0 Å². The molecule has 1 aliphatic rings. The summed E-state index contributed by atoms with van der Waals surface area (Å²) in [6.45, 7) is 8.55. The molecule has 0 aromatic heterocycles. The predicted octanol–water partition coefficient (Wildman–Crippen LogP) is 2.10. The highest BCUT2D eigenvalue weighted by Gasteiger charge is 2.27. The molecular weight excluding hydrogens is 196 g/mol. The Morgan fingerprint density at radius 2 is 2.43 bits per heavy atom. The average molecular weight is 214 g/mol. The minimum Gasteiger partial charge on any atom is -0.460 e. The molecule has 1 heterocycles. The van der Waals surface area contributed by atoms with Crippen LogP contribution in [-0.2, 0) is 14.0 Å². The van der Waals surface area contributed by atoms with E-state index in [2.05, 4.69) is 19.7 Å². The van der Waals surface area contributed by atoms with Gasteiger partial charge in [-0.15, -0.1) is 6.58 Å². The van der Waals surface area contributed by atoms with E-state index in [0.29, 0.717) is 13.0 Å². The molecule has 0 N–H and O–H groups in total. The van der Waals surface area contributed by atoms with E-state index in [1.807, 2.05) is 6.08 Å². The molecule has 1 rings (SSSR count). The number of allylic oxidation sites excluding steroid dienone is 1. The second-order valence-electron chi connectivity index (χ2n) is 4.21. The van der Waals surface area contributed by atoms with Crippen LogP contribution in [-0.4, -0.2) is 27.0 Å². The summed E-state index contributed by atoms with van der Waals surface area (Å²) in [6, 6.07) is 0.938. The summed E-state index contributed by atoms with van der Waals surface area (Å²) in [7, 11) is -1.60. The van der Waals surface area contributed by atoms with E-state index in [9.17, 15) is 4.79 Å². The Bertz CT molecular complexity index is 225. The van der Waals surface area contributed by atoms with Gasteiger partial charge in [-0.2, -0.15) is 0 Å². The van der Waals surface area contributed by atoms with Crippen molar-refractivity contribution in [2.75, 3.05) is 6.61 Å². The molecular formula is C10H18O3Si. The predicted molar refractivity (Wildman–Crippen MR) is 57.6 cm³/mol. The normalized spacial score (nSPS) is 22.1. The zero-order valence-corrected chi connectivity index (χ0v) is 9.91. The maximum atomic E-state index is 10.8. The Morgan fingerprint density at radius 3 is 2.93 bits per heavy atom. The first-order chi connectivity index (χ1) is 6.53. The van der Waals surface area contributed by atoms with Gasteiger partial charge in [-0.1, -0.05) is 6.08 Å². The number of carbonyl (C=O) groups is 1. The second-order valence-corrected chi connectivity index (χ2v) is 8.43. The van der Waals surface area contributed by atoms with Crippen LogP contribution in [0.15, 0.2) is 12.7 Å². The number of ether oxygens (including phenoxy) is 1. The molecule has 0 bridgehead atoms. The van der Waals surface area contributed by atoms with Gasteiger partial charge < -0.3 is 9.16 Å². The molecule has 1 aliphatic heterocycles. The molecule has 0 radical (unpaired) electrons. The van der Waals surface area contributed by atoms with Crippen LogP contribution in [0, 0.1) is 0 Å². The highest BCUT2D eigenvalue weighted by atomic mass is 28.4. The van der Waals surface area contributed by atoms with Crippen molar-refractivity contribution in [3.05, 3.63) is 12.7 Å². The zero-order valence-electron chi connectivity index (χ0n) is 8.91. The minimum absolute atomic E-state index is 0.0147. The van der Waals surface area contributed by atoms with Crippen LogP contribution in [0.3, 0.4) is 0 Å². The van der Waals surface area contributed by atoms with Gasteiger partial charge in [-0.3, -0.25) is 4.79 Å². The van der Waals surface area contributed by atoms with E-state index in [4.69, 9.17) is 9.16 Å². The van der Waals surface area contributed by atoms with Crippen LogP contribution < -0.4 is 0 Å². The SMILES string of the molecule is C=CC[Si](C)(C)OC[C@@H]1CCC(=O)O1. The first kappa shape index (κ1) is 11.5. The molecule has 0 aromatic rings. The van der Waals surface area contributed by atoms with Gasteiger partial charge in [0.05, 0.1) is 6.61 Å². The molecule has 1 fully saturated rings. The summed E-state index contributed by atoms with van der Waals surface area (Å²) in [6.07, 6.45) is 3.22. The third-order valence-electron chi connectivity index (χ3n) is 2.26. The lowest BCUT2D eigenvalue weighted by atomic mass is 10.2. The number of hydrogen-bond donors (Lipinski definition) is 0. The summed E-state index contributed by atoms with van der Waals surface area (Å²) < 4.78 is 10.9. The Kier molecular flexibility index (Phi) is 3.89. The van der Waals surface area contributed by atoms with Gasteiger partial charge in [-0.25, -0.2) is 0 Å². The summed E-state index contributed by atoms with van der Waals surface area (Å²) in [5, 5.41) is 0. The van der Waals surface area contributed by atoms with Crippen LogP contribution >= 0.6 is 0 Å². The van der Waals surface area contributed by atoms with Crippen molar-refractivity contribution in [1.82, 2.24) is 0 Å². The number of esters is 1. The van der Waals surface area contributed by atoms with Crippen LogP contribution in [0.4, 0.5) is 0 Å². The topological polar surface area (TPSA) is 35.5 Å². The summed E-state index contributed by atoms with van der Waals surface area (Å²) in [5.74, 6) is -0.0956. The largest absolute Gasteiger partial charge is 0.460 e. The Balaban J connectivity index is 2.25. The molecule has 1 atom stereocenters. The van der Waals surface area contributed by atoms with Crippen LogP contribution in [0.2, 0.25) is 19.1 Å². The molecule has 80 valence electrons. The highest BCUT2D eigenvalue weighted by Crippen LogP contribution is 2.17. The number of hydrogen-bond acceptors (Lipinski definition) is 3. The molecule has 14 heavy (non-hydrogen) atoms. The summed E-state index contributed by atoms with van der Waals surface area (Å²) in [5.41, 5.74) is 0. The van der Waals surface area contributed by atoms with E-state index < -0.39 is 8.32 Å². The Hall–Kier alpha value is -0.613. The molecule has 0 unspecified atom stereocenters. The molecule has 1 saturated heterocycles. The molecule has 4 heteroatoms. The molecule has 0 spiro atoms. The monoisotopic (exact) mass is 214 g/mol. The summed E-state index contributed by atoms with van der Waals surface area (Å²) >= 11 is 0. The summed E-state index contributed by atoms with van der Waals surface area (Å²) in [4.78, 5) is 10.8. The maximum Gasteiger partial charge on any atom is 0.306 e. The molecule has 0 amide bonds. The van der Waals surface area contributed by atoms with Gasteiger partial charge in [0, 0.05) is 6.42 Å². The fourth-order valence-corrected chi connectivity index (χ4v) is 2.88. The third kappa shape index (κ3) is 3.63. The Morgan fingerprint density at radius 1 is 1.71 bits per heavy atom. The number of carbonyl (C=O) groups excluding carboxylic acids is 1. The lowest BCUT2D eigenvalue weighted by Crippen LogP contribution is -2.33.